The lowest BCUT2D eigenvalue weighted by Crippen LogP contribution is -2.15. The van der Waals surface area contributed by atoms with Crippen molar-refractivity contribution in [2.24, 2.45) is 0 Å². The Labute approximate surface area is 175 Å². The van der Waals surface area contributed by atoms with Crippen molar-refractivity contribution in [2.45, 2.75) is 6.61 Å². The molecule has 8 heteroatoms. The van der Waals surface area contributed by atoms with Gasteiger partial charge in [-0.15, -0.1) is 0 Å². The average molecular weight is 402 g/mol. The molecule has 0 bridgehead atoms. The zero-order chi connectivity index (χ0) is 21.5. The van der Waals surface area contributed by atoms with E-state index in [1.165, 1.54) is 0 Å². The molecule has 0 aliphatic carbocycles. The van der Waals surface area contributed by atoms with Crippen molar-refractivity contribution in [2.75, 3.05) is 31.8 Å². The summed E-state index contributed by atoms with van der Waals surface area (Å²) in [7, 11) is 5.15. The second kappa shape index (κ2) is 9.39. The fourth-order valence-corrected chi connectivity index (χ4v) is 2.65. The molecular formula is C22H22N6O2. The molecule has 0 amide bonds. The Kier molecular flexibility index (Phi) is 6.45. The van der Waals surface area contributed by atoms with E-state index in [9.17, 15) is 5.26 Å². The molecular weight excluding hydrogens is 380 g/mol. The monoisotopic (exact) mass is 402 g/mol. The highest BCUT2D eigenvalue weighted by atomic mass is 16.5. The quantitative estimate of drug-likeness (QED) is 0.600. The lowest BCUT2D eigenvalue weighted by molar-refractivity contribution is 0.284. The fourth-order valence-electron chi connectivity index (χ4n) is 2.65. The molecule has 8 nitrogen and oxygen atoms in total. The SMILES string of the molecule is COc1ccc(/C=C(\C#N)c2nc(N)nc(N(C)C)n2)cc1OCc1ccccc1. The number of aromatic nitrogens is 3. The molecule has 0 saturated heterocycles. The third-order valence-electron chi connectivity index (χ3n) is 4.14. The maximum Gasteiger partial charge on any atom is 0.230 e. The predicted molar refractivity (Wildman–Crippen MR) is 116 cm³/mol. The lowest BCUT2D eigenvalue weighted by atomic mass is 10.1. The summed E-state index contributed by atoms with van der Waals surface area (Å²) in [6.45, 7) is 0.395. The number of allylic oxidation sites excluding steroid dienone is 1. The number of rotatable bonds is 7. The van der Waals surface area contributed by atoms with Gasteiger partial charge in [-0.2, -0.15) is 20.2 Å². The summed E-state index contributed by atoms with van der Waals surface area (Å²) in [6.07, 6.45) is 1.67. The molecule has 1 heterocycles. The highest BCUT2D eigenvalue weighted by Gasteiger charge is 2.12. The molecule has 0 fully saturated rings. The van der Waals surface area contributed by atoms with E-state index in [4.69, 9.17) is 15.2 Å². The van der Waals surface area contributed by atoms with E-state index < -0.39 is 0 Å². The topological polar surface area (TPSA) is 110 Å². The van der Waals surface area contributed by atoms with Gasteiger partial charge < -0.3 is 20.1 Å². The second-order valence-corrected chi connectivity index (χ2v) is 6.57. The van der Waals surface area contributed by atoms with E-state index in [1.54, 1.807) is 44.3 Å². The van der Waals surface area contributed by atoms with Crippen LogP contribution >= 0.6 is 0 Å². The molecule has 0 saturated carbocycles. The molecule has 0 spiro atoms. The Balaban J connectivity index is 1.92. The predicted octanol–water partition coefficient (Wildman–Crippen LogP) is 3.17. The Morgan fingerprint density at radius 1 is 1.10 bits per heavy atom. The number of anilines is 2. The third-order valence-corrected chi connectivity index (χ3v) is 4.14. The van der Waals surface area contributed by atoms with Crippen LogP contribution in [0.4, 0.5) is 11.9 Å². The van der Waals surface area contributed by atoms with Gasteiger partial charge in [0.25, 0.3) is 0 Å². The number of nitrogens with zero attached hydrogens (tertiary/aromatic N) is 5. The van der Waals surface area contributed by atoms with E-state index in [-0.39, 0.29) is 17.3 Å². The number of hydrogen-bond acceptors (Lipinski definition) is 8. The number of nitriles is 1. The summed E-state index contributed by atoms with van der Waals surface area (Å²) >= 11 is 0. The molecule has 0 aliphatic rings. The Morgan fingerprint density at radius 2 is 1.87 bits per heavy atom. The van der Waals surface area contributed by atoms with Crippen LogP contribution in [0.15, 0.2) is 48.5 Å². The van der Waals surface area contributed by atoms with Crippen molar-refractivity contribution in [3.8, 4) is 17.6 Å². The smallest absolute Gasteiger partial charge is 0.230 e. The largest absolute Gasteiger partial charge is 0.493 e. The van der Waals surface area contributed by atoms with Gasteiger partial charge in [-0.05, 0) is 29.3 Å². The van der Waals surface area contributed by atoms with Crippen LogP contribution in [0.2, 0.25) is 0 Å². The van der Waals surface area contributed by atoms with Crippen LogP contribution in [-0.2, 0) is 6.61 Å². The number of ether oxygens (including phenoxy) is 2. The summed E-state index contributed by atoms with van der Waals surface area (Å²) in [6, 6.07) is 17.4. The molecule has 0 unspecified atom stereocenters. The molecule has 3 rings (SSSR count). The minimum Gasteiger partial charge on any atom is -0.493 e. The van der Waals surface area contributed by atoms with Crippen LogP contribution in [0.5, 0.6) is 11.5 Å². The minimum atomic E-state index is 0.0477. The zero-order valence-corrected chi connectivity index (χ0v) is 17.0. The molecule has 30 heavy (non-hydrogen) atoms. The van der Waals surface area contributed by atoms with Gasteiger partial charge in [0.1, 0.15) is 12.7 Å². The first-order chi connectivity index (χ1) is 14.5. The first kappa shape index (κ1) is 20.6. The summed E-state index contributed by atoms with van der Waals surface area (Å²) in [5, 5.41) is 9.65. The third kappa shape index (κ3) is 5.02. The summed E-state index contributed by atoms with van der Waals surface area (Å²) < 4.78 is 11.3. The summed E-state index contributed by atoms with van der Waals surface area (Å²) in [5.74, 6) is 1.79. The zero-order valence-electron chi connectivity index (χ0n) is 17.0. The van der Waals surface area contributed by atoms with Crippen molar-refractivity contribution < 1.29 is 9.47 Å². The first-order valence-electron chi connectivity index (χ1n) is 9.16. The molecule has 1 aromatic heterocycles. The van der Waals surface area contributed by atoms with Crippen LogP contribution in [0.25, 0.3) is 11.6 Å². The molecule has 2 N–H and O–H groups in total. The molecule has 152 valence electrons. The standard InChI is InChI=1S/C22H22N6O2/c1-28(2)22-26-20(25-21(24)27-22)17(13-23)11-16-9-10-18(29-3)19(12-16)30-14-15-7-5-4-6-8-15/h4-12H,14H2,1-3H3,(H2,24,25,26,27)/b17-11+. The number of hydrogen-bond donors (Lipinski definition) is 1. The molecule has 0 atom stereocenters. The number of benzene rings is 2. The van der Waals surface area contributed by atoms with Crippen LogP contribution in [0, 0.1) is 11.3 Å². The van der Waals surface area contributed by atoms with E-state index in [0.717, 1.165) is 11.1 Å². The maximum absolute atomic E-state index is 9.65. The van der Waals surface area contributed by atoms with E-state index in [2.05, 4.69) is 21.0 Å². The van der Waals surface area contributed by atoms with Crippen LogP contribution < -0.4 is 20.1 Å². The molecule has 3 aromatic rings. The van der Waals surface area contributed by atoms with Crippen molar-refractivity contribution >= 4 is 23.5 Å². The maximum atomic E-state index is 9.65. The second-order valence-electron chi connectivity index (χ2n) is 6.57. The normalized spacial score (nSPS) is 10.9. The van der Waals surface area contributed by atoms with Crippen molar-refractivity contribution in [1.82, 2.24) is 15.0 Å². The van der Waals surface area contributed by atoms with Crippen LogP contribution in [0.3, 0.4) is 0 Å². The summed E-state index contributed by atoms with van der Waals surface area (Å²) in [5.41, 5.74) is 7.81. The first-order valence-corrected chi connectivity index (χ1v) is 9.16. The van der Waals surface area contributed by atoms with E-state index >= 15 is 0 Å². The van der Waals surface area contributed by atoms with Gasteiger partial charge in [0.2, 0.25) is 11.9 Å². The Hall–Kier alpha value is -4.12. The number of nitrogen functional groups attached to an aromatic ring is 1. The van der Waals surface area contributed by atoms with Gasteiger partial charge >= 0.3 is 0 Å². The molecule has 2 aromatic carbocycles. The van der Waals surface area contributed by atoms with Crippen LogP contribution in [-0.4, -0.2) is 36.2 Å². The Bertz CT molecular complexity index is 1090. The van der Waals surface area contributed by atoms with E-state index in [0.29, 0.717) is 24.1 Å². The molecule has 0 radical (unpaired) electrons. The van der Waals surface area contributed by atoms with Gasteiger partial charge in [0, 0.05) is 14.1 Å². The Morgan fingerprint density at radius 3 is 2.53 bits per heavy atom. The highest BCUT2D eigenvalue weighted by Crippen LogP contribution is 2.30. The lowest BCUT2D eigenvalue weighted by Gasteiger charge is -2.12. The van der Waals surface area contributed by atoms with Crippen molar-refractivity contribution in [3.63, 3.8) is 0 Å². The highest BCUT2D eigenvalue weighted by molar-refractivity contribution is 5.87. The molecule has 0 aliphatic heterocycles. The average Bonchev–Trinajstić information content (AvgIpc) is 2.76. The van der Waals surface area contributed by atoms with E-state index in [1.807, 2.05) is 36.4 Å². The summed E-state index contributed by atoms with van der Waals surface area (Å²) in [4.78, 5) is 14.2. The van der Waals surface area contributed by atoms with Gasteiger partial charge in [0.05, 0.1) is 12.7 Å². The minimum absolute atomic E-state index is 0.0477. The fraction of sp³-hybridized carbons (Fsp3) is 0.182. The van der Waals surface area contributed by atoms with Crippen molar-refractivity contribution in [3.05, 3.63) is 65.5 Å². The van der Waals surface area contributed by atoms with Crippen LogP contribution in [0.1, 0.15) is 17.0 Å². The van der Waals surface area contributed by atoms with Gasteiger partial charge in [-0.25, -0.2) is 0 Å². The number of nitrogens with two attached hydrogens (primary N) is 1. The van der Waals surface area contributed by atoms with Gasteiger partial charge in [0.15, 0.2) is 17.3 Å². The number of methoxy groups -OCH3 is 1. The van der Waals surface area contributed by atoms with Gasteiger partial charge in [-0.3, -0.25) is 0 Å². The van der Waals surface area contributed by atoms with Gasteiger partial charge in [-0.1, -0.05) is 36.4 Å². The van der Waals surface area contributed by atoms with Crippen molar-refractivity contribution in [1.29, 1.82) is 5.26 Å².